The second kappa shape index (κ2) is 7.12. The highest BCUT2D eigenvalue weighted by atomic mass is 35.5. The molecule has 1 saturated heterocycles. The van der Waals surface area contributed by atoms with Gasteiger partial charge in [-0.1, -0.05) is 41.0 Å². The van der Waals surface area contributed by atoms with Crippen LogP contribution in [0.15, 0.2) is 47.0 Å². The van der Waals surface area contributed by atoms with E-state index in [-0.39, 0.29) is 11.8 Å². The Bertz CT molecular complexity index is 1000. The Morgan fingerprint density at radius 3 is 2.89 bits per heavy atom. The maximum atomic E-state index is 13.2. The van der Waals surface area contributed by atoms with Gasteiger partial charge in [0, 0.05) is 36.0 Å². The first-order valence-corrected chi connectivity index (χ1v) is 9.00. The Hall–Kier alpha value is -2.73. The molecule has 0 spiro atoms. The lowest BCUT2D eigenvalue weighted by atomic mass is 10.1. The van der Waals surface area contributed by atoms with E-state index >= 15 is 0 Å². The van der Waals surface area contributed by atoms with Gasteiger partial charge in [-0.15, -0.1) is 0 Å². The number of hydrogen-bond donors (Lipinski definition) is 0. The van der Waals surface area contributed by atoms with E-state index < -0.39 is 5.82 Å². The lowest BCUT2D eigenvalue weighted by molar-refractivity contribution is -0.128. The summed E-state index contributed by atoms with van der Waals surface area (Å²) in [6.07, 6.45) is 0.311. The van der Waals surface area contributed by atoms with Crippen molar-refractivity contribution in [2.45, 2.75) is 25.8 Å². The third kappa shape index (κ3) is 3.57. The maximum absolute atomic E-state index is 13.2. The number of hydrogen-bond acceptors (Lipinski definition) is 4. The van der Waals surface area contributed by atoms with Crippen molar-refractivity contribution in [2.24, 2.45) is 0 Å². The lowest BCUT2D eigenvalue weighted by Crippen LogP contribution is -2.24. The molecule has 1 amide bonds. The fourth-order valence-electron chi connectivity index (χ4n) is 3.28. The Kier molecular flexibility index (Phi) is 4.66. The van der Waals surface area contributed by atoms with E-state index in [4.69, 9.17) is 16.1 Å². The van der Waals surface area contributed by atoms with Crippen molar-refractivity contribution in [3.8, 4) is 11.5 Å². The van der Waals surface area contributed by atoms with E-state index in [1.165, 1.54) is 12.1 Å². The molecule has 138 valence electrons. The number of benzene rings is 2. The van der Waals surface area contributed by atoms with Crippen LogP contribution in [0.4, 0.5) is 4.39 Å². The zero-order chi connectivity index (χ0) is 19.0. The fourth-order valence-corrected chi connectivity index (χ4v) is 3.50. The summed E-state index contributed by atoms with van der Waals surface area (Å²) < 4.78 is 18.6. The van der Waals surface area contributed by atoms with Crippen LogP contribution in [0.3, 0.4) is 0 Å². The predicted octanol–water partition coefficient (Wildman–Crippen LogP) is 4.35. The molecule has 5 nitrogen and oxygen atoms in total. The monoisotopic (exact) mass is 385 g/mol. The molecule has 1 aliphatic rings. The molecular formula is C20H17ClFN3O2. The quantitative estimate of drug-likeness (QED) is 0.669. The van der Waals surface area contributed by atoms with Gasteiger partial charge < -0.3 is 9.42 Å². The summed E-state index contributed by atoms with van der Waals surface area (Å²) in [6, 6.07) is 12.0. The molecular weight excluding hydrogens is 369 g/mol. The third-order valence-corrected chi connectivity index (χ3v) is 5.13. The van der Waals surface area contributed by atoms with Crippen molar-refractivity contribution in [3.05, 3.63) is 70.3 Å². The van der Waals surface area contributed by atoms with Gasteiger partial charge in [-0.3, -0.25) is 4.79 Å². The lowest BCUT2D eigenvalue weighted by Gasteiger charge is -2.17. The van der Waals surface area contributed by atoms with E-state index in [1.54, 1.807) is 11.0 Å². The van der Waals surface area contributed by atoms with Crippen molar-refractivity contribution in [3.63, 3.8) is 0 Å². The largest absolute Gasteiger partial charge is 0.338 e. The van der Waals surface area contributed by atoms with Crippen LogP contribution < -0.4 is 0 Å². The average molecular weight is 386 g/mol. The number of aromatic nitrogens is 2. The maximum Gasteiger partial charge on any atom is 0.258 e. The Morgan fingerprint density at radius 2 is 2.11 bits per heavy atom. The van der Waals surface area contributed by atoms with Crippen LogP contribution in [0.5, 0.6) is 0 Å². The SMILES string of the molecule is Cc1ccccc1-c1nc(C2CC(=O)N(Cc3ccc(F)cc3Cl)C2)no1. The summed E-state index contributed by atoms with van der Waals surface area (Å²) in [7, 11) is 0. The number of likely N-dealkylation sites (tertiary alicyclic amines) is 1. The van der Waals surface area contributed by atoms with Gasteiger partial charge in [0.05, 0.1) is 0 Å². The number of halogens is 2. The number of amides is 1. The first-order chi connectivity index (χ1) is 13.0. The first-order valence-electron chi connectivity index (χ1n) is 8.62. The van der Waals surface area contributed by atoms with Crippen molar-refractivity contribution in [1.29, 1.82) is 0 Å². The number of carbonyl (C=O) groups excluding carboxylic acids is 1. The van der Waals surface area contributed by atoms with Gasteiger partial charge in [0.2, 0.25) is 5.91 Å². The highest BCUT2D eigenvalue weighted by molar-refractivity contribution is 6.31. The molecule has 1 atom stereocenters. The van der Waals surface area contributed by atoms with Gasteiger partial charge in [-0.2, -0.15) is 4.98 Å². The molecule has 2 heterocycles. The summed E-state index contributed by atoms with van der Waals surface area (Å²) >= 11 is 6.08. The molecule has 0 aliphatic carbocycles. The minimum atomic E-state index is -0.398. The van der Waals surface area contributed by atoms with Crippen molar-refractivity contribution >= 4 is 17.5 Å². The van der Waals surface area contributed by atoms with Crippen LogP contribution in [-0.4, -0.2) is 27.5 Å². The third-order valence-electron chi connectivity index (χ3n) is 4.77. The molecule has 0 saturated carbocycles. The number of carbonyl (C=O) groups is 1. The van der Waals surface area contributed by atoms with Crippen molar-refractivity contribution < 1.29 is 13.7 Å². The van der Waals surface area contributed by atoms with E-state index in [9.17, 15) is 9.18 Å². The molecule has 0 N–H and O–H groups in total. The Labute approximate surface area is 160 Å². The molecule has 1 unspecified atom stereocenters. The Balaban J connectivity index is 1.50. The molecule has 0 radical (unpaired) electrons. The normalized spacial score (nSPS) is 16.9. The summed E-state index contributed by atoms with van der Waals surface area (Å²) in [5, 5.41) is 4.39. The van der Waals surface area contributed by atoms with Gasteiger partial charge in [0.15, 0.2) is 5.82 Å². The zero-order valence-corrected chi connectivity index (χ0v) is 15.4. The highest BCUT2D eigenvalue weighted by Crippen LogP contribution is 2.31. The molecule has 2 aromatic carbocycles. The van der Waals surface area contributed by atoms with Gasteiger partial charge in [0.25, 0.3) is 5.89 Å². The summed E-state index contributed by atoms with van der Waals surface area (Å²) in [5.41, 5.74) is 2.64. The fraction of sp³-hybridized carbons (Fsp3) is 0.250. The molecule has 7 heteroatoms. The molecule has 27 heavy (non-hydrogen) atoms. The zero-order valence-electron chi connectivity index (χ0n) is 14.7. The first kappa shape index (κ1) is 17.7. The number of aryl methyl sites for hydroxylation is 1. The van der Waals surface area contributed by atoms with Crippen LogP contribution in [-0.2, 0) is 11.3 Å². The molecule has 0 bridgehead atoms. The molecule has 1 aliphatic heterocycles. The topological polar surface area (TPSA) is 59.2 Å². The summed E-state index contributed by atoms with van der Waals surface area (Å²) in [6.45, 7) is 2.78. The van der Waals surface area contributed by atoms with Gasteiger partial charge in [-0.05, 0) is 36.2 Å². The second-order valence-corrected chi connectivity index (χ2v) is 7.09. The number of nitrogens with zero attached hydrogens (tertiary/aromatic N) is 3. The Morgan fingerprint density at radius 1 is 1.30 bits per heavy atom. The standard InChI is InChI=1S/C20H17ClFN3O2/c1-12-4-2-3-5-16(12)20-23-19(24-27-20)14-8-18(26)25(11-14)10-13-6-7-15(22)9-17(13)21/h2-7,9,14H,8,10-11H2,1H3. The van der Waals surface area contributed by atoms with Gasteiger partial charge >= 0.3 is 0 Å². The van der Waals surface area contributed by atoms with Crippen LogP contribution in [0, 0.1) is 12.7 Å². The second-order valence-electron chi connectivity index (χ2n) is 6.68. The molecule has 3 aromatic rings. The molecule has 1 fully saturated rings. The minimum Gasteiger partial charge on any atom is -0.338 e. The van der Waals surface area contributed by atoms with Crippen LogP contribution in [0.1, 0.15) is 29.3 Å². The molecule has 1 aromatic heterocycles. The summed E-state index contributed by atoms with van der Waals surface area (Å²) in [5.74, 6) is 0.427. The summed E-state index contributed by atoms with van der Waals surface area (Å²) in [4.78, 5) is 18.6. The highest BCUT2D eigenvalue weighted by Gasteiger charge is 2.34. The van der Waals surface area contributed by atoms with Gasteiger partial charge in [0.1, 0.15) is 5.82 Å². The molecule has 4 rings (SSSR count). The van der Waals surface area contributed by atoms with E-state index in [2.05, 4.69) is 10.1 Å². The van der Waals surface area contributed by atoms with E-state index in [0.717, 1.165) is 11.1 Å². The number of rotatable bonds is 4. The van der Waals surface area contributed by atoms with Gasteiger partial charge in [-0.25, -0.2) is 4.39 Å². The van der Waals surface area contributed by atoms with E-state index in [0.29, 0.717) is 41.8 Å². The predicted molar refractivity (Wildman–Crippen MR) is 98.7 cm³/mol. The smallest absolute Gasteiger partial charge is 0.258 e. The van der Waals surface area contributed by atoms with Crippen molar-refractivity contribution in [1.82, 2.24) is 15.0 Å². The van der Waals surface area contributed by atoms with Crippen LogP contribution in [0.25, 0.3) is 11.5 Å². The average Bonchev–Trinajstić information content (AvgIpc) is 3.25. The van der Waals surface area contributed by atoms with Crippen LogP contribution >= 0.6 is 11.6 Å². The minimum absolute atomic E-state index is 0.0115. The van der Waals surface area contributed by atoms with E-state index in [1.807, 2.05) is 31.2 Å². The van der Waals surface area contributed by atoms with Crippen LogP contribution in [0.2, 0.25) is 5.02 Å². The van der Waals surface area contributed by atoms with Crippen molar-refractivity contribution in [2.75, 3.05) is 6.54 Å².